The number of hydrogen-bond donors (Lipinski definition) is 1. The molecule has 3 aromatic rings. The van der Waals surface area contributed by atoms with Crippen molar-refractivity contribution in [3.8, 4) is 11.1 Å². The summed E-state index contributed by atoms with van der Waals surface area (Å²) in [5.41, 5.74) is 1.16. The lowest BCUT2D eigenvalue weighted by Gasteiger charge is -2.30. The van der Waals surface area contributed by atoms with Crippen molar-refractivity contribution in [3.63, 3.8) is 0 Å². The maximum atomic E-state index is 13.7. The van der Waals surface area contributed by atoms with Gasteiger partial charge in [0.2, 0.25) is 0 Å². The summed E-state index contributed by atoms with van der Waals surface area (Å²) in [6.07, 6.45) is -5.92. The van der Waals surface area contributed by atoms with Crippen LogP contribution < -0.4 is 5.56 Å². The Morgan fingerprint density at radius 1 is 1.03 bits per heavy atom. The van der Waals surface area contributed by atoms with Gasteiger partial charge in [0, 0.05) is 23.6 Å². The molecular weight excluding hydrogens is 479 g/mol. The van der Waals surface area contributed by atoms with E-state index in [1.165, 1.54) is 0 Å². The van der Waals surface area contributed by atoms with Crippen LogP contribution in [0.25, 0.3) is 11.1 Å². The Balaban J connectivity index is 1.38. The number of rotatable bonds is 4. The van der Waals surface area contributed by atoms with Crippen molar-refractivity contribution < 1.29 is 32.6 Å². The Kier molecular flexibility index (Phi) is 5.77. The van der Waals surface area contributed by atoms with Gasteiger partial charge in [-0.05, 0) is 28.7 Å². The second-order valence-electron chi connectivity index (χ2n) is 8.64. The van der Waals surface area contributed by atoms with Crippen molar-refractivity contribution in [2.24, 2.45) is 0 Å². The Bertz CT molecular complexity index is 1390. The average Bonchev–Trinajstić information content (AvgIpc) is 3.16. The second-order valence-corrected chi connectivity index (χ2v) is 8.64. The third-order valence-corrected chi connectivity index (χ3v) is 6.49. The summed E-state index contributed by atoms with van der Waals surface area (Å²) < 4.78 is 47.0. The summed E-state index contributed by atoms with van der Waals surface area (Å²) in [6, 6.07) is 15.5. The highest BCUT2D eigenvalue weighted by molar-refractivity contribution is 5.79. The van der Waals surface area contributed by atoms with Crippen molar-refractivity contribution in [1.29, 1.82) is 0 Å². The number of aliphatic carboxylic acids is 1. The SMILES string of the molecule is O=C(O)Cn1nc(C(F)(F)F)c2c(c1=O)CCN(C(=O)OCC1c3ccccc3-c3ccccc31)C2. The topological polar surface area (TPSA) is 102 Å². The number of halogens is 3. The molecule has 0 radical (unpaired) electrons. The van der Waals surface area contributed by atoms with E-state index in [0.717, 1.165) is 27.2 Å². The molecule has 1 aliphatic heterocycles. The van der Waals surface area contributed by atoms with Crippen LogP contribution in [0.15, 0.2) is 53.3 Å². The fraction of sp³-hybridized carbons (Fsp3) is 0.280. The molecule has 1 amide bonds. The van der Waals surface area contributed by atoms with E-state index in [-0.39, 0.29) is 31.1 Å². The lowest BCUT2D eigenvalue weighted by Crippen LogP contribution is -2.43. The summed E-state index contributed by atoms with van der Waals surface area (Å²) in [7, 11) is 0. The zero-order valence-electron chi connectivity index (χ0n) is 18.8. The zero-order valence-corrected chi connectivity index (χ0v) is 18.8. The van der Waals surface area contributed by atoms with Gasteiger partial charge in [-0.1, -0.05) is 48.5 Å². The molecule has 0 atom stereocenters. The maximum absolute atomic E-state index is 13.7. The number of carbonyl (C=O) groups is 2. The van der Waals surface area contributed by atoms with Gasteiger partial charge in [0.15, 0.2) is 5.69 Å². The molecule has 1 aliphatic carbocycles. The molecule has 1 N–H and O–H groups in total. The van der Waals surface area contributed by atoms with Gasteiger partial charge in [0.05, 0.1) is 6.54 Å². The van der Waals surface area contributed by atoms with Crippen LogP contribution in [0.4, 0.5) is 18.0 Å². The summed E-state index contributed by atoms with van der Waals surface area (Å²) in [5.74, 6) is -1.71. The van der Waals surface area contributed by atoms with Crippen molar-refractivity contribution in [3.05, 3.63) is 86.8 Å². The molecule has 2 heterocycles. The monoisotopic (exact) mass is 499 g/mol. The highest BCUT2D eigenvalue weighted by atomic mass is 19.4. The normalized spacial score (nSPS) is 14.7. The minimum Gasteiger partial charge on any atom is -0.480 e. The number of carboxylic acid groups (broad SMARTS) is 1. The number of benzene rings is 2. The van der Waals surface area contributed by atoms with E-state index >= 15 is 0 Å². The molecule has 2 aliphatic rings. The lowest BCUT2D eigenvalue weighted by atomic mass is 9.98. The van der Waals surface area contributed by atoms with Gasteiger partial charge in [0.25, 0.3) is 5.56 Å². The Hall–Kier alpha value is -4.15. The third-order valence-electron chi connectivity index (χ3n) is 6.49. The summed E-state index contributed by atoms with van der Waals surface area (Å²) >= 11 is 0. The fourth-order valence-electron chi connectivity index (χ4n) is 4.90. The van der Waals surface area contributed by atoms with Gasteiger partial charge >= 0.3 is 18.2 Å². The Morgan fingerprint density at radius 3 is 2.22 bits per heavy atom. The first-order valence-corrected chi connectivity index (χ1v) is 11.2. The molecule has 0 fully saturated rings. The molecule has 186 valence electrons. The van der Waals surface area contributed by atoms with Gasteiger partial charge in [-0.3, -0.25) is 9.59 Å². The van der Waals surface area contributed by atoms with Crippen LogP contribution in [0.5, 0.6) is 0 Å². The minimum absolute atomic E-state index is 0.000796. The third kappa shape index (κ3) is 4.10. The van der Waals surface area contributed by atoms with Crippen LogP contribution >= 0.6 is 0 Å². The quantitative estimate of drug-likeness (QED) is 0.588. The predicted molar refractivity (Wildman–Crippen MR) is 120 cm³/mol. The molecule has 11 heteroatoms. The molecule has 8 nitrogen and oxygen atoms in total. The van der Waals surface area contributed by atoms with Gasteiger partial charge in [-0.15, -0.1) is 0 Å². The number of carbonyl (C=O) groups excluding carboxylic acids is 1. The van der Waals surface area contributed by atoms with Crippen molar-refractivity contribution in [2.75, 3.05) is 13.2 Å². The van der Waals surface area contributed by atoms with Crippen molar-refractivity contribution >= 4 is 12.1 Å². The maximum Gasteiger partial charge on any atom is 0.435 e. The number of alkyl halides is 3. The van der Waals surface area contributed by atoms with Gasteiger partial charge in [-0.25, -0.2) is 9.48 Å². The molecule has 0 saturated carbocycles. The van der Waals surface area contributed by atoms with Crippen LogP contribution in [-0.4, -0.2) is 45.0 Å². The Labute approximate surface area is 202 Å². The van der Waals surface area contributed by atoms with E-state index in [4.69, 9.17) is 9.84 Å². The average molecular weight is 499 g/mol. The molecule has 0 saturated heterocycles. The number of ether oxygens (including phenoxy) is 1. The lowest BCUT2D eigenvalue weighted by molar-refractivity contribution is -0.145. The number of fused-ring (bicyclic) bond motifs is 4. The first-order chi connectivity index (χ1) is 17.1. The smallest absolute Gasteiger partial charge is 0.435 e. The molecule has 5 rings (SSSR count). The first kappa shape index (κ1) is 23.6. The summed E-state index contributed by atoms with van der Waals surface area (Å²) in [5, 5.41) is 12.2. The van der Waals surface area contributed by atoms with Crippen molar-refractivity contribution in [1.82, 2.24) is 14.7 Å². The molecule has 0 bridgehead atoms. The van der Waals surface area contributed by atoms with E-state index in [1.54, 1.807) is 0 Å². The number of hydrogen-bond acceptors (Lipinski definition) is 5. The van der Waals surface area contributed by atoms with Gasteiger partial charge in [-0.2, -0.15) is 18.3 Å². The van der Waals surface area contributed by atoms with E-state index in [0.29, 0.717) is 4.68 Å². The zero-order chi connectivity index (χ0) is 25.6. The van der Waals surface area contributed by atoms with E-state index < -0.39 is 48.1 Å². The molecule has 1 aromatic heterocycles. The Morgan fingerprint density at radius 2 is 1.64 bits per heavy atom. The highest BCUT2D eigenvalue weighted by Gasteiger charge is 2.41. The molecule has 0 spiro atoms. The van der Waals surface area contributed by atoms with Crippen LogP contribution in [0.3, 0.4) is 0 Å². The number of nitrogens with zero attached hydrogens (tertiary/aromatic N) is 3. The minimum atomic E-state index is -4.94. The van der Waals surface area contributed by atoms with Crippen LogP contribution in [0, 0.1) is 0 Å². The van der Waals surface area contributed by atoms with Gasteiger partial charge in [0.1, 0.15) is 13.2 Å². The van der Waals surface area contributed by atoms with Gasteiger partial charge < -0.3 is 14.7 Å². The van der Waals surface area contributed by atoms with E-state index in [9.17, 15) is 27.6 Å². The highest BCUT2D eigenvalue weighted by Crippen LogP contribution is 2.44. The predicted octanol–water partition coefficient (Wildman–Crippen LogP) is 3.65. The molecule has 2 aromatic carbocycles. The van der Waals surface area contributed by atoms with Crippen molar-refractivity contribution in [2.45, 2.75) is 31.6 Å². The number of carboxylic acids is 1. The number of aromatic nitrogens is 2. The van der Waals surface area contributed by atoms with Crippen LogP contribution in [-0.2, 0) is 35.2 Å². The summed E-state index contributed by atoms with van der Waals surface area (Å²) in [6.45, 7) is -1.56. The van der Waals surface area contributed by atoms with E-state index in [1.807, 2.05) is 48.5 Å². The summed E-state index contributed by atoms with van der Waals surface area (Å²) in [4.78, 5) is 37.5. The standard InChI is InChI=1S/C25H20F3N3O5/c26-25(27,28)22-19-11-30(10-9-18(19)23(34)31(29-22)12-21(32)33)24(35)36-13-20-16-7-3-1-5-14(16)15-6-2-4-8-17(15)20/h1-8,20H,9-13H2,(H,32,33). The second kappa shape index (κ2) is 8.81. The fourth-order valence-corrected chi connectivity index (χ4v) is 4.90. The number of amides is 1. The van der Waals surface area contributed by atoms with Crippen LogP contribution in [0.2, 0.25) is 0 Å². The molecule has 0 unspecified atom stereocenters. The van der Waals surface area contributed by atoms with Crippen LogP contribution in [0.1, 0.15) is 33.9 Å². The largest absolute Gasteiger partial charge is 0.480 e. The first-order valence-electron chi connectivity index (χ1n) is 11.2. The van der Waals surface area contributed by atoms with E-state index in [2.05, 4.69) is 5.10 Å². The molecular formula is C25H20F3N3O5. The molecule has 36 heavy (non-hydrogen) atoms.